The number of pyridine rings is 2. The fraction of sp³-hybridized carbons (Fsp3) is 0.600. The number of nitrogens with one attached hydrogen (secondary N) is 1. The molecule has 2 aromatic rings. The molecule has 3 rings (SSSR count). The van der Waals surface area contributed by atoms with E-state index in [4.69, 9.17) is 0 Å². The molecule has 0 saturated carbocycles. The number of likely N-dealkylation sites (N-methyl/N-ethyl adjacent to an activating group) is 1. The van der Waals surface area contributed by atoms with Gasteiger partial charge in [0.05, 0.1) is 0 Å². The first-order valence-electron chi connectivity index (χ1n) is 9.81. The fourth-order valence-electron chi connectivity index (χ4n) is 3.78. The van der Waals surface area contributed by atoms with Crippen molar-refractivity contribution in [1.29, 1.82) is 0 Å². The highest BCUT2D eigenvalue weighted by Crippen LogP contribution is 2.29. The van der Waals surface area contributed by atoms with Gasteiger partial charge in [-0.05, 0) is 44.1 Å². The smallest absolute Gasteiger partial charge is 0.161 e. The molecule has 6 heteroatoms. The summed E-state index contributed by atoms with van der Waals surface area (Å²) in [6.07, 6.45) is 5.18. The summed E-state index contributed by atoms with van der Waals surface area (Å²) >= 11 is 0. The molecule has 142 valence electrons. The molecule has 1 aliphatic rings. The van der Waals surface area contributed by atoms with Gasteiger partial charge in [-0.3, -0.25) is 5.32 Å². The lowest BCUT2D eigenvalue weighted by atomic mass is 9.94. The van der Waals surface area contributed by atoms with Gasteiger partial charge >= 0.3 is 0 Å². The summed E-state index contributed by atoms with van der Waals surface area (Å²) in [5.41, 5.74) is 2.00. The number of aliphatic hydroxyl groups excluding tert-OH is 1. The Kier molecular flexibility index (Phi) is 6.77. The largest absolute Gasteiger partial charge is 0.378 e. The Labute approximate surface area is 156 Å². The monoisotopic (exact) mass is 357 g/mol. The molecule has 2 N–H and O–H groups in total. The summed E-state index contributed by atoms with van der Waals surface area (Å²) in [7, 11) is 0. The molecule has 1 saturated heterocycles. The van der Waals surface area contributed by atoms with Crippen molar-refractivity contribution in [3.8, 4) is 0 Å². The molecule has 0 bridgehead atoms. The summed E-state index contributed by atoms with van der Waals surface area (Å²) in [4.78, 5) is 13.5. The number of anilines is 1. The van der Waals surface area contributed by atoms with Crippen LogP contribution >= 0.6 is 0 Å². The van der Waals surface area contributed by atoms with Gasteiger partial charge in [-0.1, -0.05) is 13.8 Å². The quantitative estimate of drug-likeness (QED) is 0.706. The Morgan fingerprint density at radius 2 is 1.92 bits per heavy atom. The molecule has 1 atom stereocenters. The maximum atomic E-state index is 10.5. The lowest BCUT2D eigenvalue weighted by molar-refractivity contribution is 0.0597. The Morgan fingerprint density at radius 3 is 2.65 bits per heavy atom. The van der Waals surface area contributed by atoms with Crippen LogP contribution in [0.25, 0.3) is 11.0 Å². The Bertz CT molecular complexity index is 677. The number of hydrogen-bond donors (Lipinski definition) is 2. The molecule has 26 heavy (non-hydrogen) atoms. The number of rotatable bonds is 8. The first-order valence-corrected chi connectivity index (χ1v) is 9.81. The summed E-state index contributed by atoms with van der Waals surface area (Å²) < 4.78 is 0. The highest BCUT2D eigenvalue weighted by Gasteiger charge is 2.25. The van der Waals surface area contributed by atoms with Crippen LogP contribution in [0.3, 0.4) is 0 Å². The third-order valence-corrected chi connectivity index (χ3v) is 5.49. The Balaban J connectivity index is 1.52. The first kappa shape index (κ1) is 19.0. The second kappa shape index (κ2) is 9.26. The molecule has 0 aliphatic carbocycles. The zero-order chi connectivity index (χ0) is 18.4. The molecular weight excluding hydrogens is 326 g/mol. The normalized spacial score (nSPS) is 17.2. The van der Waals surface area contributed by atoms with E-state index in [0.29, 0.717) is 5.92 Å². The lowest BCUT2D eigenvalue weighted by Crippen LogP contribution is -2.45. The minimum Gasteiger partial charge on any atom is -0.378 e. The molecule has 1 fully saturated rings. The zero-order valence-corrected chi connectivity index (χ0v) is 15.9. The average molecular weight is 358 g/mol. The number of piperidine rings is 1. The van der Waals surface area contributed by atoms with Gasteiger partial charge in [0, 0.05) is 55.6 Å². The summed E-state index contributed by atoms with van der Waals surface area (Å²) in [6.45, 7) is 10.2. The Hall–Kier alpha value is -1.76. The van der Waals surface area contributed by atoms with Crippen LogP contribution in [0, 0.1) is 5.92 Å². The number of hydrogen-bond acceptors (Lipinski definition) is 6. The summed E-state index contributed by atoms with van der Waals surface area (Å²) in [5.74, 6) is 0.314. The van der Waals surface area contributed by atoms with E-state index in [2.05, 4.69) is 51.1 Å². The van der Waals surface area contributed by atoms with Crippen LogP contribution in [-0.4, -0.2) is 65.5 Å². The molecule has 0 radical (unpaired) electrons. The van der Waals surface area contributed by atoms with Crippen molar-refractivity contribution in [2.45, 2.75) is 32.9 Å². The fourth-order valence-corrected chi connectivity index (χ4v) is 3.78. The standard InChI is InChI=1S/C20H31N5O/c1-3-24(4-2)15-12-23-20(26)16-8-13-25(14-9-16)18-7-11-22-19-17(18)6-5-10-21-19/h5-7,10-11,16,20,23,26H,3-4,8-9,12-15H2,1-2H3. The van der Waals surface area contributed by atoms with Gasteiger partial charge < -0.3 is 14.9 Å². The summed E-state index contributed by atoms with van der Waals surface area (Å²) in [6, 6.07) is 6.12. The molecule has 1 aliphatic heterocycles. The van der Waals surface area contributed by atoms with Crippen LogP contribution in [0.1, 0.15) is 26.7 Å². The maximum absolute atomic E-state index is 10.5. The topological polar surface area (TPSA) is 64.5 Å². The van der Waals surface area contributed by atoms with E-state index in [9.17, 15) is 5.11 Å². The van der Waals surface area contributed by atoms with Gasteiger partial charge in [0.2, 0.25) is 0 Å². The van der Waals surface area contributed by atoms with E-state index in [0.717, 1.165) is 63.1 Å². The SMILES string of the molecule is CCN(CC)CCNC(O)C1CCN(c2ccnc3ncccc23)CC1. The second-order valence-corrected chi connectivity index (χ2v) is 6.95. The molecular formula is C20H31N5O. The van der Waals surface area contributed by atoms with Crippen molar-refractivity contribution in [1.82, 2.24) is 20.2 Å². The van der Waals surface area contributed by atoms with E-state index in [1.807, 2.05) is 12.3 Å². The molecule has 3 heterocycles. The molecule has 1 unspecified atom stereocenters. The van der Waals surface area contributed by atoms with Crippen molar-refractivity contribution in [2.24, 2.45) is 5.92 Å². The van der Waals surface area contributed by atoms with Crippen molar-refractivity contribution < 1.29 is 5.11 Å². The predicted octanol–water partition coefficient (Wildman–Crippen LogP) is 2.10. The van der Waals surface area contributed by atoms with E-state index >= 15 is 0 Å². The van der Waals surface area contributed by atoms with Crippen molar-refractivity contribution in [2.75, 3.05) is 44.2 Å². The molecule has 0 spiro atoms. The van der Waals surface area contributed by atoms with Crippen molar-refractivity contribution in [3.63, 3.8) is 0 Å². The molecule has 0 aromatic carbocycles. The molecule has 6 nitrogen and oxygen atoms in total. The summed E-state index contributed by atoms with van der Waals surface area (Å²) in [5, 5.41) is 14.9. The van der Waals surface area contributed by atoms with Gasteiger partial charge in [-0.15, -0.1) is 0 Å². The van der Waals surface area contributed by atoms with Crippen LogP contribution in [0.4, 0.5) is 5.69 Å². The number of aromatic nitrogens is 2. The van der Waals surface area contributed by atoms with Gasteiger partial charge in [0.1, 0.15) is 6.23 Å². The van der Waals surface area contributed by atoms with Crippen LogP contribution in [0.5, 0.6) is 0 Å². The average Bonchev–Trinajstić information content (AvgIpc) is 2.71. The second-order valence-electron chi connectivity index (χ2n) is 6.95. The van der Waals surface area contributed by atoms with E-state index in [1.165, 1.54) is 5.69 Å². The number of fused-ring (bicyclic) bond motifs is 1. The van der Waals surface area contributed by atoms with Gasteiger partial charge in [-0.2, -0.15) is 0 Å². The van der Waals surface area contributed by atoms with Gasteiger partial charge in [0.15, 0.2) is 5.65 Å². The van der Waals surface area contributed by atoms with Gasteiger partial charge in [0.25, 0.3) is 0 Å². The van der Waals surface area contributed by atoms with Crippen LogP contribution in [0.15, 0.2) is 30.6 Å². The third kappa shape index (κ3) is 4.50. The maximum Gasteiger partial charge on any atom is 0.161 e. The number of nitrogens with zero attached hydrogens (tertiary/aromatic N) is 4. The highest BCUT2D eigenvalue weighted by atomic mass is 16.3. The minimum atomic E-state index is -0.413. The highest BCUT2D eigenvalue weighted by molar-refractivity contribution is 5.89. The third-order valence-electron chi connectivity index (χ3n) is 5.49. The predicted molar refractivity (Wildman–Crippen MR) is 106 cm³/mol. The Morgan fingerprint density at radius 1 is 1.19 bits per heavy atom. The van der Waals surface area contributed by atoms with Crippen LogP contribution < -0.4 is 10.2 Å². The van der Waals surface area contributed by atoms with Crippen molar-refractivity contribution in [3.05, 3.63) is 30.6 Å². The zero-order valence-electron chi connectivity index (χ0n) is 15.9. The van der Waals surface area contributed by atoms with Crippen LogP contribution in [0.2, 0.25) is 0 Å². The molecule has 0 amide bonds. The minimum absolute atomic E-state index is 0.314. The van der Waals surface area contributed by atoms with E-state index in [1.54, 1.807) is 6.20 Å². The van der Waals surface area contributed by atoms with Crippen LogP contribution in [-0.2, 0) is 0 Å². The number of aliphatic hydroxyl groups is 1. The van der Waals surface area contributed by atoms with E-state index < -0.39 is 6.23 Å². The first-order chi connectivity index (χ1) is 12.7. The molecule has 2 aromatic heterocycles. The van der Waals surface area contributed by atoms with Gasteiger partial charge in [-0.25, -0.2) is 9.97 Å². The van der Waals surface area contributed by atoms with Crippen molar-refractivity contribution >= 4 is 16.7 Å². The lowest BCUT2D eigenvalue weighted by Gasteiger charge is -2.36. The van der Waals surface area contributed by atoms with E-state index in [-0.39, 0.29) is 0 Å².